The zero-order valence-electron chi connectivity index (χ0n) is 22.7. The number of rotatable bonds is 8. The number of nitrogens with one attached hydrogen (secondary N) is 2. The van der Waals surface area contributed by atoms with Crippen LogP contribution in [0, 0.1) is 6.92 Å². The molecular formula is C32H36N6S. The van der Waals surface area contributed by atoms with Crippen LogP contribution in [0.5, 0.6) is 0 Å². The van der Waals surface area contributed by atoms with Crippen LogP contribution >= 0.6 is 9.39 Å². The zero-order chi connectivity index (χ0) is 27.4. The molecule has 0 amide bonds. The number of benzene rings is 3. The molecule has 200 valence electrons. The van der Waals surface area contributed by atoms with E-state index in [4.69, 9.17) is 4.98 Å². The van der Waals surface area contributed by atoms with Crippen molar-refractivity contribution in [2.75, 3.05) is 41.7 Å². The minimum absolute atomic E-state index is 0.569. The van der Waals surface area contributed by atoms with Gasteiger partial charge in [-0.1, -0.05) is 48.7 Å². The maximum absolute atomic E-state index is 4.72. The van der Waals surface area contributed by atoms with Gasteiger partial charge in [-0.25, -0.2) is 9.97 Å². The van der Waals surface area contributed by atoms with Gasteiger partial charge in [0.15, 0.2) is 0 Å². The molecule has 0 saturated carbocycles. The van der Waals surface area contributed by atoms with E-state index in [0.29, 0.717) is 5.95 Å². The van der Waals surface area contributed by atoms with Crippen LogP contribution in [0.4, 0.5) is 23.0 Å². The summed E-state index contributed by atoms with van der Waals surface area (Å²) in [6.45, 7) is 11.8. The summed E-state index contributed by atoms with van der Waals surface area (Å²) >= 11 is 0. The SMILES string of the molecule is C=C(C)Nc1ccc(-c2ccnc(Nc3ccc(N4CCN(S(=C)(=C)c5ccccc5C)CC4)cc3)n2)cc1. The molecule has 0 unspecified atom stereocenters. The third-order valence-corrected chi connectivity index (χ3v) is 9.55. The molecule has 1 aliphatic rings. The summed E-state index contributed by atoms with van der Waals surface area (Å²) in [4.78, 5) is 12.8. The molecule has 5 rings (SSSR count). The molecule has 2 N–H and O–H groups in total. The minimum atomic E-state index is -1.49. The van der Waals surface area contributed by atoms with Crippen molar-refractivity contribution in [3.63, 3.8) is 0 Å². The van der Waals surface area contributed by atoms with Crippen molar-refractivity contribution in [1.29, 1.82) is 0 Å². The Labute approximate surface area is 232 Å². The Morgan fingerprint density at radius 3 is 2.18 bits per heavy atom. The highest BCUT2D eigenvalue weighted by molar-refractivity contribution is 8.25. The molecule has 0 aliphatic carbocycles. The first-order chi connectivity index (χ1) is 18.8. The second-order valence-electron chi connectivity index (χ2n) is 9.94. The number of allylic oxidation sites excluding steroid dienone is 1. The van der Waals surface area contributed by atoms with Crippen LogP contribution in [0.25, 0.3) is 11.3 Å². The number of nitrogens with zero attached hydrogens (tertiary/aromatic N) is 4. The lowest BCUT2D eigenvalue weighted by molar-refractivity contribution is 0.427. The molecule has 39 heavy (non-hydrogen) atoms. The van der Waals surface area contributed by atoms with Crippen molar-refractivity contribution in [2.45, 2.75) is 18.7 Å². The largest absolute Gasteiger partial charge is 0.369 e. The number of hydrogen-bond donors (Lipinski definition) is 2. The van der Waals surface area contributed by atoms with Crippen LogP contribution in [0.3, 0.4) is 0 Å². The molecular weight excluding hydrogens is 500 g/mol. The van der Waals surface area contributed by atoms with Gasteiger partial charge in [0.1, 0.15) is 0 Å². The van der Waals surface area contributed by atoms with Crippen LogP contribution in [-0.2, 0) is 0 Å². The maximum Gasteiger partial charge on any atom is 0.227 e. The van der Waals surface area contributed by atoms with E-state index in [2.05, 4.69) is 98.6 Å². The van der Waals surface area contributed by atoms with Crippen LogP contribution in [0.1, 0.15) is 12.5 Å². The van der Waals surface area contributed by atoms with Gasteiger partial charge in [-0.3, -0.25) is 4.31 Å². The molecule has 1 fully saturated rings. The molecule has 1 saturated heterocycles. The highest BCUT2D eigenvalue weighted by atomic mass is 32.2. The van der Waals surface area contributed by atoms with Crippen molar-refractivity contribution in [3.05, 3.63) is 103 Å². The molecule has 0 atom stereocenters. The molecule has 6 nitrogen and oxygen atoms in total. The van der Waals surface area contributed by atoms with Crippen molar-refractivity contribution < 1.29 is 0 Å². The fourth-order valence-electron chi connectivity index (χ4n) is 4.85. The topological polar surface area (TPSA) is 56.3 Å². The van der Waals surface area contributed by atoms with E-state index in [0.717, 1.165) is 54.5 Å². The molecule has 0 bridgehead atoms. The van der Waals surface area contributed by atoms with Crippen LogP contribution in [0.2, 0.25) is 0 Å². The van der Waals surface area contributed by atoms with Gasteiger partial charge in [-0.2, -0.15) is 0 Å². The number of anilines is 4. The fourth-order valence-corrected chi connectivity index (χ4v) is 6.99. The molecule has 1 aliphatic heterocycles. The summed E-state index contributed by atoms with van der Waals surface area (Å²) in [6, 6.07) is 27.0. The van der Waals surface area contributed by atoms with Gasteiger partial charge in [0.2, 0.25) is 5.95 Å². The summed E-state index contributed by atoms with van der Waals surface area (Å²) in [7, 11) is -1.49. The van der Waals surface area contributed by atoms with E-state index < -0.39 is 9.39 Å². The van der Waals surface area contributed by atoms with Crippen LogP contribution in [0.15, 0.2) is 102 Å². The lowest BCUT2D eigenvalue weighted by atomic mass is 10.1. The Bertz CT molecular complexity index is 1550. The van der Waals surface area contributed by atoms with Crippen LogP contribution in [-0.4, -0.2) is 52.2 Å². The van der Waals surface area contributed by atoms with Crippen LogP contribution < -0.4 is 15.5 Å². The Kier molecular flexibility index (Phi) is 7.72. The zero-order valence-corrected chi connectivity index (χ0v) is 23.5. The van der Waals surface area contributed by atoms with Gasteiger partial charge < -0.3 is 15.5 Å². The van der Waals surface area contributed by atoms with E-state index in [-0.39, 0.29) is 0 Å². The maximum atomic E-state index is 4.72. The Balaban J connectivity index is 1.21. The van der Waals surface area contributed by atoms with E-state index >= 15 is 0 Å². The molecule has 0 spiro atoms. The quantitative estimate of drug-likeness (QED) is 0.239. The molecule has 0 radical (unpaired) electrons. The van der Waals surface area contributed by atoms with Gasteiger partial charge >= 0.3 is 0 Å². The highest BCUT2D eigenvalue weighted by Gasteiger charge is 2.22. The smallest absolute Gasteiger partial charge is 0.227 e. The first-order valence-electron chi connectivity index (χ1n) is 13.1. The van der Waals surface area contributed by atoms with Crippen molar-refractivity contribution in [1.82, 2.24) is 14.3 Å². The predicted molar refractivity (Wildman–Crippen MR) is 171 cm³/mol. The van der Waals surface area contributed by atoms with E-state index in [9.17, 15) is 0 Å². The third kappa shape index (κ3) is 6.16. The van der Waals surface area contributed by atoms with Gasteiger partial charge in [0.05, 0.1) is 5.69 Å². The summed E-state index contributed by atoms with van der Waals surface area (Å²) in [6.07, 6.45) is 1.78. The molecule has 3 aromatic carbocycles. The summed E-state index contributed by atoms with van der Waals surface area (Å²) in [5.74, 6) is 9.70. The van der Waals surface area contributed by atoms with E-state index in [1.165, 1.54) is 16.1 Å². The standard InChI is InChI=1S/C32H36N6S/c1-24(2)34-27-12-10-26(11-13-27)30-18-19-33-32(36-30)35-28-14-16-29(17-15-28)37-20-22-38(23-21-37)39(4,5)31-9-7-6-8-25(31)3/h6-19,34H,1,4-5,20-23H2,2-3H3,(H,33,35,36). The number of piperazine rings is 1. The molecule has 1 aromatic heterocycles. The van der Waals surface area contributed by atoms with Gasteiger partial charge in [0, 0.05) is 65.6 Å². The summed E-state index contributed by atoms with van der Waals surface area (Å²) in [5.41, 5.74) is 7.24. The van der Waals surface area contributed by atoms with Crippen molar-refractivity contribution in [2.24, 2.45) is 0 Å². The summed E-state index contributed by atoms with van der Waals surface area (Å²) < 4.78 is 2.47. The number of aromatic nitrogens is 2. The first kappa shape index (κ1) is 26.5. The molecule has 4 aromatic rings. The minimum Gasteiger partial charge on any atom is -0.369 e. The van der Waals surface area contributed by atoms with Gasteiger partial charge in [-0.15, -0.1) is 9.39 Å². The summed E-state index contributed by atoms with van der Waals surface area (Å²) in [5, 5.41) is 6.57. The van der Waals surface area contributed by atoms with Gasteiger partial charge in [-0.05, 0) is 67.9 Å². The number of hydrogen-bond acceptors (Lipinski definition) is 6. The van der Waals surface area contributed by atoms with E-state index in [1.807, 2.05) is 37.3 Å². The average Bonchev–Trinajstić information content (AvgIpc) is 2.94. The lowest BCUT2D eigenvalue weighted by Crippen LogP contribution is -2.44. The van der Waals surface area contributed by atoms with Gasteiger partial charge in [0.25, 0.3) is 0 Å². The Hall–Kier alpha value is -4.07. The third-order valence-electron chi connectivity index (χ3n) is 6.92. The van der Waals surface area contributed by atoms with Crippen molar-refractivity contribution >= 4 is 44.1 Å². The molecule has 2 heterocycles. The lowest BCUT2D eigenvalue weighted by Gasteiger charge is -2.40. The Morgan fingerprint density at radius 2 is 1.51 bits per heavy atom. The average molecular weight is 537 g/mol. The normalized spacial score (nSPS) is 14.2. The molecule has 7 heteroatoms. The van der Waals surface area contributed by atoms with E-state index in [1.54, 1.807) is 6.20 Å². The monoisotopic (exact) mass is 536 g/mol. The van der Waals surface area contributed by atoms with Crippen molar-refractivity contribution in [3.8, 4) is 11.3 Å². The second kappa shape index (κ2) is 11.4. The number of aryl methyl sites for hydroxylation is 1. The second-order valence-corrected chi connectivity index (χ2v) is 12.6. The predicted octanol–water partition coefficient (Wildman–Crippen LogP) is 6.91. The first-order valence-corrected chi connectivity index (χ1v) is 15.0. The highest BCUT2D eigenvalue weighted by Crippen LogP contribution is 2.39. The Morgan fingerprint density at radius 1 is 0.846 bits per heavy atom. The fraction of sp³-hybridized carbons (Fsp3) is 0.188.